The van der Waals surface area contributed by atoms with Gasteiger partial charge in [-0.15, -0.1) is 0 Å². The Morgan fingerprint density at radius 2 is 1.96 bits per heavy atom. The number of rotatable bonds is 7. The number of amides is 1. The Bertz CT molecular complexity index is 716. The van der Waals surface area contributed by atoms with Crippen LogP contribution in [0.4, 0.5) is 0 Å². The van der Waals surface area contributed by atoms with Crippen molar-refractivity contribution in [1.29, 1.82) is 0 Å². The molecule has 0 unspecified atom stereocenters. The van der Waals surface area contributed by atoms with Gasteiger partial charge in [0, 0.05) is 13.5 Å². The number of likely N-dealkylation sites (N-methyl/N-ethyl adjacent to an activating group) is 1. The maximum atomic E-state index is 13.1. The zero-order chi connectivity index (χ0) is 19.4. The van der Waals surface area contributed by atoms with E-state index in [1.807, 2.05) is 18.2 Å². The summed E-state index contributed by atoms with van der Waals surface area (Å²) in [5.41, 5.74) is 6.48. The van der Waals surface area contributed by atoms with Crippen molar-refractivity contribution in [3.8, 4) is 0 Å². The van der Waals surface area contributed by atoms with Gasteiger partial charge in [0.15, 0.2) is 5.96 Å². The first kappa shape index (κ1) is 19.6. The van der Waals surface area contributed by atoms with Gasteiger partial charge in [0.2, 0.25) is 0 Å². The lowest BCUT2D eigenvalue weighted by molar-refractivity contribution is -0.131. The third-order valence-electron chi connectivity index (χ3n) is 6.14. The van der Waals surface area contributed by atoms with Crippen LogP contribution in [0, 0.1) is 11.8 Å². The Hall–Kier alpha value is -2.17. The molecule has 1 fully saturated rings. The predicted octanol–water partition coefficient (Wildman–Crippen LogP) is 3.32. The maximum Gasteiger partial charge on any atom is 0.257 e. The summed E-state index contributed by atoms with van der Waals surface area (Å²) in [6.45, 7) is 1.67. The van der Waals surface area contributed by atoms with Crippen LogP contribution in [0.2, 0.25) is 0 Å². The maximum absolute atomic E-state index is 13.1. The van der Waals surface area contributed by atoms with Gasteiger partial charge in [-0.3, -0.25) is 9.69 Å². The van der Waals surface area contributed by atoms with Gasteiger partial charge in [0.25, 0.3) is 5.91 Å². The van der Waals surface area contributed by atoms with Gasteiger partial charge in [0.05, 0.1) is 0 Å². The van der Waals surface area contributed by atoms with E-state index < -0.39 is 5.54 Å². The average Bonchev–Trinajstić information content (AvgIpc) is 2.85. The molecule has 27 heavy (non-hydrogen) atoms. The second kappa shape index (κ2) is 8.24. The molecule has 3 rings (SSSR count). The Morgan fingerprint density at radius 1 is 1.26 bits per heavy atom. The molecule has 5 heteroatoms. The van der Waals surface area contributed by atoms with Crippen LogP contribution >= 0.6 is 0 Å². The van der Waals surface area contributed by atoms with Crippen molar-refractivity contribution in [3.63, 3.8) is 0 Å². The minimum Gasteiger partial charge on any atom is -0.369 e. The fourth-order valence-electron chi connectivity index (χ4n) is 4.81. The third-order valence-corrected chi connectivity index (χ3v) is 6.14. The smallest absolute Gasteiger partial charge is 0.257 e. The van der Waals surface area contributed by atoms with Crippen molar-refractivity contribution in [2.24, 2.45) is 22.6 Å². The summed E-state index contributed by atoms with van der Waals surface area (Å²) >= 11 is 0. The van der Waals surface area contributed by atoms with E-state index in [1.54, 1.807) is 14.0 Å². The summed E-state index contributed by atoms with van der Waals surface area (Å²) in [5, 5.41) is 0. The summed E-state index contributed by atoms with van der Waals surface area (Å²) in [4.78, 5) is 30.8. The molecular formula is C22H31N3O2. The summed E-state index contributed by atoms with van der Waals surface area (Å²) in [6, 6.07) is 10.2. The lowest BCUT2D eigenvalue weighted by Crippen LogP contribution is -2.44. The van der Waals surface area contributed by atoms with Crippen LogP contribution in [0.25, 0.3) is 0 Å². The lowest BCUT2D eigenvalue weighted by atomic mass is 9.72. The van der Waals surface area contributed by atoms with Crippen LogP contribution < -0.4 is 5.73 Å². The molecule has 1 aromatic carbocycles. The molecule has 0 radical (unpaired) electrons. The van der Waals surface area contributed by atoms with Crippen molar-refractivity contribution in [3.05, 3.63) is 35.9 Å². The number of carbonyl (C=O) groups is 2. The highest BCUT2D eigenvalue weighted by atomic mass is 16.2. The molecule has 5 nitrogen and oxygen atoms in total. The molecule has 1 aliphatic heterocycles. The first-order valence-corrected chi connectivity index (χ1v) is 10.1. The van der Waals surface area contributed by atoms with E-state index in [9.17, 15) is 9.59 Å². The van der Waals surface area contributed by atoms with Gasteiger partial charge < -0.3 is 10.5 Å². The quantitative estimate of drug-likeness (QED) is 0.801. The zero-order valence-corrected chi connectivity index (χ0v) is 16.5. The van der Waals surface area contributed by atoms with E-state index in [1.165, 1.54) is 10.5 Å². The largest absolute Gasteiger partial charge is 0.369 e. The number of benzene rings is 1. The summed E-state index contributed by atoms with van der Waals surface area (Å²) in [5.74, 6) is 1.47. The Labute approximate surface area is 162 Å². The summed E-state index contributed by atoms with van der Waals surface area (Å²) in [7, 11) is 1.71. The van der Waals surface area contributed by atoms with Gasteiger partial charge >= 0.3 is 0 Å². The van der Waals surface area contributed by atoms with E-state index in [-0.39, 0.29) is 11.7 Å². The molecule has 1 aliphatic carbocycles. The summed E-state index contributed by atoms with van der Waals surface area (Å²) in [6.07, 6.45) is 7.24. The number of ketones is 1. The molecule has 1 amide bonds. The van der Waals surface area contributed by atoms with Crippen LogP contribution in [-0.2, 0) is 16.0 Å². The molecule has 3 atom stereocenters. The minimum absolute atomic E-state index is 0.0182. The molecule has 2 N–H and O–H groups in total. The van der Waals surface area contributed by atoms with Crippen molar-refractivity contribution in [2.75, 3.05) is 7.05 Å². The van der Waals surface area contributed by atoms with Crippen molar-refractivity contribution in [2.45, 2.75) is 63.8 Å². The molecule has 1 heterocycles. The first-order valence-electron chi connectivity index (χ1n) is 10.1. The first-order chi connectivity index (χ1) is 12.9. The Balaban J connectivity index is 1.74. The second-order valence-corrected chi connectivity index (χ2v) is 8.36. The zero-order valence-electron chi connectivity index (χ0n) is 16.5. The summed E-state index contributed by atoms with van der Waals surface area (Å²) < 4.78 is 0. The van der Waals surface area contributed by atoms with Gasteiger partial charge in [-0.25, -0.2) is 4.99 Å². The molecule has 0 saturated heterocycles. The van der Waals surface area contributed by atoms with Gasteiger partial charge in [-0.2, -0.15) is 0 Å². The third kappa shape index (κ3) is 4.57. The average molecular weight is 370 g/mol. The predicted molar refractivity (Wildman–Crippen MR) is 107 cm³/mol. The normalized spacial score (nSPS) is 28.3. The fourth-order valence-corrected chi connectivity index (χ4v) is 4.81. The number of guanidine groups is 1. The number of nitrogens with two attached hydrogens (primary N) is 1. The van der Waals surface area contributed by atoms with Crippen LogP contribution in [0.15, 0.2) is 35.3 Å². The lowest BCUT2D eigenvalue weighted by Gasteiger charge is -2.34. The number of carbonyl (C=O) groups excluding carboxylic acids is 2. The number of aliphatic imine (C=N–C) groups is 1. The van der Waals surface area contributed by atoms with Crippen molar-refractivity contribution >= 4 is 17.6 Å². The van der Waals surface area contributed by atoms with Gasteiger partial charge in [-0.05, 0) is 50.0 Å². The molecule has 2 aliphatic rings. The highest BCUT2D eigenvalue weighted by Gasteiger charge is 2.47. The fraction of sp³-hybridized carbons (Fsp3) is 0.591. The van der Waals surface area contributed by atoms with E-state index in [2.05, 4.69) is 17.1 Å². The minimum atomic E-state index is -0.753. The van der Waals surface area contributed by atoms with E-state index in [0.29, 0.717) is 30.6 Å². The Morgan fingerprint density at radius 3 is 2.59 bits per heavy atom. The van der Waals surface area contributed by atoms with Crippen molar-refractivity contribution in [1.82, 2.24) is 4.90 Å². The van der Waals surface area contributed by atoms with E-state index >= 15 is 0 Å². The molecule has 146 valence electrons. The number of hydrogen-bond acceptors (Lipinski definition) is 4. The molecule has 0 spiro atoms. The van der Waals surface area contributed by atoms with E-state index in [4.69, 9.17) is 5.73 Å². The Kier molecular flexibility index (Phi) is 5.98. The number of hydrogen-bond donors (Lipinski definition) is 1. The molecule has 0 bridgehead atoms. The molecular weight excluding hydrogens is 338 g/mol. The topological polar surface area (TPSA) is 75.8 Å². The number of Topliss-reactive ketones (excluding diaryl/α,β-unsaturated/α-hetero) is 1. The van der Waals surface area contributed by atoms with Crippen molar-refractivity contribution < 1.29 is 9.59 Å². The standard InChI is InChI=1S/C22H31N3O2/c1-16(26)13-18-9-6-10-19(14-18)15-22(20(27)25(2)21(23)24-22)12-11-17-7-4-3-5-8-17/h3-5,7-8,18-19H,6,9-15H2,1-2H3,(H2,23,24)/t18-,19-,22+/m0/s1. The highest BCUT2D eigenvalue weighted by molar-refractivity contribution is 6.06. The number of nitrogens with zero attached hydrogens (tertiary/aromatic N) is 2. The molecule has 1 saturated carbocycles. The van der Waals surface area contributed by atoms with Crippen LogP contribution in [-0.4, -0.2) is 35.1 Å². The highest BCUT2D eigenvalue weighted by Crippen LogP contribution is 2.40. The second-order valence-electron chi connectivity index (χ2n) is 8.36. The van der Waals surface area contributed by atoms with Gasteiger partial charge in [-0.1, -0.05) is 49.6 Å². The van der Waals surface area contributed by atoms with Crippen LogP contribution in [0.1, 0.15) is 57.4 Å². The SMILES string of the molecule is CC(=O)C[C@@H]1CCC[C@H](C[C@@]2(CCc3ccccc3)N=C(N)N(C)C2=O)C1. The van der Waals surface area contributed by atoms with Crippen LogP contribution in [0.3, 0.4) is 0 Å². The number of aryl methyl sites for hydroxylation is 1. The molecule has 1 aromatic rings. The molecule has 0 aromatic heterocycles. The van der Waals surface area contributed by atoms with E-state index in [0.717, 1.165) is 38.5 Å². The monoisotopic (exact) mass is 369 g/mol. The van der Waals surface area contributed by atoms with Gasteiger partial charge in [0.1, 0.15) is 11.3 Å². The van der Waals surface area contributed by atoms with Crippen LogP contribution in [0.5, 0.6) is 0 Å².